The Bertz CT molecular complexity index is 664. The van der Waals surface area contributed by atoms with Crippen LogP contribution in [0.25, 0.3) is 0 Å². The summed E-state index contributed by atoms with van der Waals surface area (Å²) >= 11 is 0. The number of ether oxygens (including phenoxy) is 3. The summed E-state index contributed by atoms with van der Waals surface area (Å²) in [5.41, 5.74) is 1.05. The highest BCUT2D eigenvalue weighted by atomic mass is 127. The number of hydrogen-bond donors (Lipinski definition) is 1. The molecule has 1 amide bonds. The second-order valence-electron chi connectivity index (χ2n) is 6.26. The molecular formula is C20H33IN4O4. The van der Waals surface area contributed by atoms with Gasteiger partial charge in [0.1, 0.15) is 0 Å². The summed E-state index contributed by atoms with van der Waals surface area (Å²) in [7, 11) is 1.63. The smallest absolute Gasteiger partial charge is 0.409 e. The number of piperazine rings is 1. The number of carbonyl (C=O) groups is 1. The summed E-state index contributed by atoms with van der Waals surface area (Å²) in [6, 6.07) is 5.86. The molecule has 1 aromatic carbocycles. The van der Waals surface area contributed by atoms with Crippen molar-refractivity contribution in [3.63, 3.8) is 0 Å². The van der Waals surface area contributed by atoms with Crippen molar-refractivity contribution in [1.82, 2.24) is 15.1 Å². The number of aliphatic imine (C=N–C) groups is 1. The second kappa shape index (κ2) is 13.3. The standard InChI is InChI=1S/C20H32N4O4.HI/c1-5-21-19(23-10-12-24(13-11-23)20(25)28-7-3)22-15-16-8-9-17(26-4)18(14-16)27-6-2;/h8-9,14H,5-7,10-13,15H2,1-4H3,(H,21,22);1H. The van der Waals surface area contributed by atoms with E-state index in [0.717, 1.165) is 42.7 Å². The first-order valence-corrected chi connectivity index (χ1v) is 9.87. The fourth-order valence-electron chi connectivity index (χ4n) is 3.00. The molecule has 1 N–H and O–H groups in total. The first-order valence-electron chi connectivity index (χ1n) is 9.87. The molecule has 2 rings (SSSR count). The molecule has 0 atom stereocenters. The highest BCUT2D eigenvalue weighted by Gasteiger charge is 2.23. The molecule has 29 heavy (non-hydrogen) atoms. The second-order valence-corrected chi connectivity index (χ2v) is 6.26. The lowest BCUT2D eigenvalue weighted by Crippen LogP contribution is -2.53. The number of hydrogen-bond acceptors (Lipinski definition) is 5. The normalized spacial score (nSPS) is 14.1. The number of nitrogens with zero attached hydrogens (tertiary/aromatic N) is 3. The van der Waals surface area contributed by atoms with E-state index in [4.69, 9.17) is 19.2 Å². The van der Waals surface area contributed by atoms with E-state index in [2.05, 4.69) is 10.2 Å². The van der Waals surface area contributed by atoms with Crippen LogP contribution in [0.5, 0.6) is 11.5 Å². The Balaban J connectivity index is 0.00000420. The molecule has 0 saturated carbocycles. The number of nitrogens with one attached hydrogen (secondary N) is 1. The Morgan fingerprint density at radius 3 is 2.34 bits per heavy atom. The molecule has 1 saturated heterocycles. The molecule has 0 bridgehead atoms. The van der Waals surface area contributed by atoms with E-state index in [1.807, 2.05) is 39.0 Å². The van der Waals surface area contributed by atoms with Crippen molar-refractivity contribution in [3.8, 4) is 11.5 Å². The van der Waals surface area contributed by atoms with Crippen LogP contribution in [0.1, 0.15) is 26.3 Å². The van der Waals surface area contributed by atoms with Gasteiger partial charge in [-0.2, -0.15) is 0 Å². The monoisotopic (exact) mass is 520 g/mol. The van der Waals surface area contributed by atoms with Crippen LogP contribution in [0, 0.1) is 0 Å². The van der Waals surface area contributed by atoms with Gasteiger partial charge in [0.15, 0.2) is 17.5 Å². The number of guanidine groups is 1. The number of rotatable bonds is 7. The molecule has 0 radical (unpaired) electrons. The van der Waals surface area contributed by atoms with Crippen molar-refractivity contribution in [3.05, 3.63) is 23.8 Å². The van der Waals surface area contributed by atoms with Gasteiger partial charge < -0.3 is 29.3 Å². The van der Waals surface area contributed by atoms with Gasteiger partial charge >= 0.3 is 6.09 Å². The highest BCUT2D eigenvalue weighted by Crippen LogP contribution is 2.28. The molecule has 0 spiro atoms. The largest absolute Gasteiger partial charge is 0.493 e. The predicted octanol–water partition coefficient (Wildman–Crippen LogP) is 2.95. The Morgan fingerprint density at radius 1 is 1.07 bits per heavy atom. The average Bonchev–Trinajstić information content (AvgIpc) is 2.72. The lowest BCUT2D eigenvalue weighted by atomic mass is 10.2. The molecule has 8 nitrogen and oxygen atoms in total. The SMILES string of the molecule is CCNC(=NCc1ccc(OC)c(OCC)c1)N1CCN(C(=O)OCC)CC1.I. The molecule has 0 aromatic heterocycles. The van der Waals surface area contributed by atoms with Gasteiger partial charge in [0.25, 0.3) is 0 Å². The van der Waals surface area contributed by atoms with Gasteiger partial charge in [-0.3, -0.25) is 0 Å². The van der Waals surface area contributed by atoms with Gasteiger partial charge in [0.2, 0.25) is 0 Å². The van der Waals surface area contributed by atoms with E-state index in [-0.39, 0.29) is 30.1 Å². The molecule has 0 aliphatic carbocycles. The van der Waals surface area contributed by atoms with Crippen molar-refractivity contribution >= 4 is 36.0 Å². The lowest BCUT2D eigenvalue weighted by Gasteiger charge is -2.35. The number of amides is 1. The van der Waals surface area contributed by atoms with E-state index in [1.165, 1.54) is 0 Å². The topological polar surface area (TPSA) is 75.6 Å². The van der Waals surface area contributed by atoms with Gasteiger partial charge in [0, 0.05) is 32.7 Å². The number of halogens is 1. The van der Waals surface area contributed by atoms with Crippen LogP contribution < -0.4 is 14.8 Å². The summed E-state index contributed by atoms with van der Waals surface area (Å²) in [5, 5.41) is 3.34. The molecule has 1 aliphatic rings. The predicted molar refractivity (Wildman–Crippen MR) is 125 cm³/mol. The van der Waals surface area contributed by atoms with Crippen molar-refractivity contribution in [2.45, 2.75) is 27.3 Å². The molecule has 1 heterocycles. The summed E-state index contributed by atoms with van der Waals surface area (Å²) in [6.45, 7) is 10.8. The van der Waals surface area contributed by atoms with E-state index in [0.29, 0.717) is 32.8 Å². The van der Waals surface area contributed by atoms with Crippen LogP contribution in [0.3, 0.4) is 0 Å². The minimum atomic E-state index is -0.245. The minimum absolute atomic E-state index is 0. The fraction of sp³-hybridized carbons (Fsp3) is 0.600. The number of carbonyl (C=O) groups excluding carboxylic acids is 1. The molecule has 1 aliphatic heterocycles. The van der Waals surface area contributed by atoms with Crippen molar-refractivity contribution < 1.29 is 19.0 Å². The van der Waals surface area contributed by atoms with Crippen LogP contribution in [0.15, 0.2) is 23.2 Å². The fourth-order valence-corrected chi connectivity index (χ4v) is 3.00. The molecule has 0 unspecified atom stereocenters. The highest BCUT2D eigenvalue weighted by molar-refractivity contribution is 14.0. The van der Waals surface area contributed by atoms with E-state index in [1.54, 1.807) is 12.0 Å². The molecule has 1 aromatic rings. The lowest BCUT2D eigenvalue weighted by molar-refractivity contribution is 0.0914. The molecular weight excluding hydrogens is 487 g/mol. The van der Waals surface area contributed by atoms with E-state index < -0.39 is 0 Å². The minimum Gasteiger partial charge on any atom is -0.493 e. The number of methoxy groups -OCH3 is 1. The van der Waals surface area contributed by atoms with Gasteiger partial charge in [-0.25, -0.2) is 9.79 Å². The van der Waals surface area contributed by atoms with Gasteiger partial charge in [0.05, 0.1) is 26.9 Å². The third-order valence-electron chi connectivity index (χ3n) is 4.38. The summed E-state index contributed by atoms with van der Waals surface area (Å²) in [4.78, 5) is 20.5. The van der Waals surface area contributed by atoms with Crippen LogP contribution in [-0.4, -0.2) is 74.9 Å². The van der Waals surface area contributed by atoms with Gasteiger partial charge in [-0.05, 0) is 38.5 Å². The third-order valence-corrected chi connectivity index (χ3v) is 4.38. The maximum atomic E-state index is 11.9. The molecule has 164 valence electrons. The van der Waals surface area contributed by atoms with E-state index in [9.17, 15) is 4.79 Å². The van der Waals surface area contributed by atoms with Crippen LogP contribution in [-0.2, 0) is 11.3 Å². The quantitative estimate of drug-likeness (QED) is 0.339. The van der Waals surface area contributed by atoms with Crippen molar-refractivity contribution in [2.75, 3.05) is 53.0 Å². The first-order chi connectivity index (χ1) is 13.6. The maximum absolute atomic E-state index is 11.9. The van der Waals surface area contributed by atoms with Crippen LogP contribution >= 0.6 is 24.0 Å². The van der Waals surface area contributed by atoms with Crippen molar-refractivity contribution in [2.24, 2.45) is 4.99 Å². The Hall–Kier alpha value is -1.91. The summed E-state index contributed by atoms with van der Waals surface area (Å²) in [6.07, 6.45) is -0.245. The zero-order valence-corrected chi connectivity index (χ0v) is 20.1. The summed E-state index contributed by atoms with van der Waals surface area (Å²) in [5.74, 6) is 2.29. The third kappa shape index (κ3) is 7.45. The Morgan fingerprint density at radius 2 is 1.76 bits per heavy atom. The van der Waals surface area contributed by atoms with Crippen LogP contribution in [0.4, 0.5) is 4.79 Å². The van der Waals surface area contributed by atoms with E-state index >= 15 is 0 Å². The van der Waals surface area contributed by atoms with Crippen molar-refractivity contribution in [1.29, 1.82) is 0 Å². The van der Waals surface area contributed by atoms with Gasteiger partial charge in [-0.1, -0.05) is 6.07 Å². The maximum Gasteiger partial charge on any atom is 0.409 e. The summed E-state index contributed by atoms with van der Waals surface area (Å²) < 4.78 is 16.1. The van der Waals surface area contributed by atoms with Gasteiger partial charge in [-0.15, -0.1) is 24.0 Å². The zero-order chi connectivity index (χ0) is 20.4. The van der Waals surface area contributed by atoms with Crippen LogP contribution in [0.2, 0.25) is 0 Å². The molecule has 9 heteroatoms. The Kier molecular flexibility index (Phi) is 11.6. The first kappa shape index (κ1) is 25.1. The average molecular weight is 520 g/mol. The molecule has 1 fully saturated rings. The number of benzene rings is 1. The zero-order valence-electron chi connectivity index (χ0n) is 17.8. The Labute approximate surface area is 190 Å².